The minimum Gasteiger partial charge on any atom is -1.00 e. The first kappa shape index (κ1) is 140. The van der Waals surface area contributed by atoms with Crippen molar-refractivity contribution in [2.75, 3.05) is 162 Å². The van der Waals surface area contributed by atoms with E-state index in [1.165, 1.54) is 170 Å². The Balaban J connectivity index is -0.0000000737. The van der Waals surface area contributed by atoms with Gasteiger partial charge in [-0.1, -0.05) is 245 Å². The van der Waals surface area contributed by atoms with Gasteiger partial charge >= 0.3 is 98.9 Å². The van der Waals surface area contributed by atoms with E-state index in [2.05, 4.69) is 129 Å². The molecule has 0 aliphatic heterocycles. The summed E-state index contributed by atoms with van der Waals surface area (Å²) in [5.41, 5.74) is 0. The Kier molecular flexibility index (Phi) is 106. The molecule has 6 aromatic rings. The van der Waals surface area contributed by atoms with Crippen molar-refractivity contribution in [3.63, 3.8) is 0 Å². The van der Waals surface area contributed by atoms with E-state index in [9.17, 15) is 0 Å². The van der Waals surface area contributed by atoms with Gasteiger partial charge in [0.2, 0.25) is 0 Å². The van der Waals surface area contributed by atoms with Crippen LogP contribution in [0.25, 0.3) is 0 Å². The van der Waals surface area contributed by atoms with Crippen LogP contribution in [-0.4, -0.2) is 309 Å². The van der Waals surface area contributed by atoms with Gasteiger partial charge in [-0.05, 0) is 64.6 Å². The van der Waals surface area contributed by atoms with Crippen LogP contribution in [0.1, 0.15) is 32.6 Å². The van der Waals surface area contributed by atoms with Crippen LogP contribution in [0.5, 0.6) is 0 Å². The normalized spacial score (nSPS) is 10.4. The molecule has 0 aliphatic carbocycles. The largest absolute Gasteiger partial charge is 1.00 e. The molecule has 0 aliphatic rings. The molecule has 0 fully saturated rings. The zero-order valence-electron chi connectivity index (χ0n) is 68.6. The Hall–Kier alpha value is 1.99. The van der Waals surface area contributed by atoms with E-state index < -0.39 is 61.2 Å². The predicted octanol–water partition coefficient (Wildman–Crippen LogP) is -2.60. The summed E-state index contributed by atoms with van der Waals surface area (Å²) in [6, 6.07) is 48.7. The van der Waals surface area contributed by atoms with Gasteiger partial charge in [-0.2, -0.15) is 0 Å². The molecule has 0 unspecified atom stereocenters. The van der Waals surface area contributed by atoms with Crippen molar-refractivity contribution >= 4 is 279 Å². The first-order chi connectivity index (χ1) is 47.9. The van der Waals surface area contributed by atoms with E-state index in [1.54, 1.807) is 58.2 Å². The number of alkyl halides is 1. The Labute approximate surface area is 777 Å². The molecule has 109 heavy (non-hydrogen) atoms. The van der Waals surface area contributed by atoms with Gasteiger partial charge in [-0.15, -0.1) is 0 Å². The first-order valence-corrected chi connectivity index (χ1v) is 54.5. The zero-order chi connectivity index (χ0) is 79.0. The Morgan fingerprint density at radius 3 is 0.606 bits per heavy atom. The fourth-order valence-electron chi connectivity index (χ4n) is 7.89. The predicted molar refractivity (Wildman–Crippen MR) is 512 cm³/mol. The van der Waals surface area contributed by atoms with Crippen molar-refractivity contribution in [3.05, 3.63) is 163 Å². The van der Waals surface area contributed by atoms with E-state index >= 15 is 0 Å². The molecule has 0 amide bonds. The Morgan fingerprint density at radius 1 is 0.275 bits per heavy atom. The summed E-state index contributed by atoms with van der Waals surface area (Å²) in [5.74, 6) is 1.81. The molecule has 0 saturated carbocycles. The fraction of sp³-hybridized carbons (Fsp3) is 0.446. The van der Waals surface area contributed by atoms with E-state index in [0.29, 0.717) is 15.6 Å². The summed E-state index contributed by atoms with van der Waals surface area (Å²) in [6.45, 7) is 3.97. The van der Waals surface area contributed by atoms with Gasteiger partial charge in [0.15, 0.2) is 34.7 Å². The molecule has 44 heteroatoms. The molecule has 0 bridgehead atoms. The topological polar surface area (TPSA) is 203 Å². The van der Waals surface area contributed by atoms with Gasteiger partial charge in [0.25, 0.3) is 0 Å². The standard InChI is InChI=1S/C15H30O9Si3.C9H14O3Si.C6H3Br3.C6H5Br.C6H12Si3.C6H8Si.C4H12O4Si.C4H12O3Si.C3H9ClO3Si.CH3Br.CH6Si.4CH4.2Al.2Li.8H/c1-16-25(17-2,18-3)13-10-14(26(19-4,20-5)21-6)12-15(11-13)27(22-7,23-8)24-9;1-10-13(11-2,12-3)9-7-5-4-6-8-9;7-4-1-5(8)3-6(9)2-4;7-6-4-2-1-3-5-6;7-4-1-5(8)3-6(9)2-4;7-6-4-2-1-3-5-6;1-5-9(6-2,7-3)8-4;2*1-5-8(4,6-2)7-3;2*1-2;;;;;;;;;;;;;;;;/h10-12H,1-9H3;4-8H,1-3H3;1-3H;1-5H;1-3H,7-9H3;1-5H,7H3;1-4H3;1-4H3;1-3H3;1H3;1-2H3;4*1H4;;;;;;;;;;;;/q;;;;;;;;;;;;;;;;;2*+1;;;;;;;2*-1. The summed E-state index contributed by atoms with van der Waals surface area (Å²) >= 11 is 21.9. The molecule has 0 heterocycles. The molecule has 0 saturated heterocycles. The van der Waals surface area contributed by atoms with Crippen molar-refractivity contribution in [1.29, 1.82) is 0 Å². The molecule has 0 aromatic heterocycles. The van der Waals surface area contributed by atoms with Gasteiger partial charge in [0.05, 0.1) is 0 Å². The molecule has 0 atom stereocenters. The first-order valence-electron chi connectivity index (χ1n) is 30.2. The smallest absolute Gasteiger partial charge is 1.00 e. The molecule has 628 valence electrons. The van der Waals surface area contributed by atoms with Crippen LogP contribution < -0.4 is 79.2 Å². The SMILES string of the molecule is Brc1cc(Br)cc(Br)c1.Brc1ccccc1.C.C.C.C.CBr.CO[Si](C)(OC)OC.CO[Si](Cl)(OC)OC.CO[Si](OC)(OC)OC.CO[Si](OC)(OC)c1cc([Si](OC)(OC)OC)cc([Si](OC)(OC)OC)c1.CO[Si](OC)(OC)c1ccccc1.C[SiH3].[AlH3].[AlH3].[H-].[H-].[Li+].[Li+].[SiH3]c1cc([SiH3])cc([SiH3])c1.[SiH3]c1ccccc1. The van der Waals surface area contributed by atoms with Crippen LogP contribution >= 0.6 is 90.7 Å². The third kappa shape index (κ3) is 55.5. The summed E-state index contributed by atoms with van der Waals surface area (Å²) in [7, 11) is 20.1. The van der Waals surface area contributed by atoms with Crippen LogP contribution in [0, 0.1) is 0 Å². The third-order valence-corrected chi connectivity index (χ3v) is 34.9. The summed E-state index contributed by atoms with van der Waals surface area (Å²) in [5, 5.41) is 9.15. The third-order valence-electron chi connectivity index (χ3n) is 13.1. The van der Waals surface area contributed by atoms with Crippen molar-refractivity contribution < 1.29 is 138 Å². The van der Waals surface area contributed by atoms with Crippen LogP contribution in [0.15, 0.2) is 163 Å². The number of halogens is 6. The maximum Gasteiger partial charge on any atom is 1.00 e. The van der Waals surface area contributed by atoms with Crippen LogP contribution in [0.4, 0.5) is 0 Å². The van der Waals surface area contributed by atoms with Crippen molar-refractivity contribution in [1.82, 2.24) is 0 Å². The van der Waals surface area contributed by atoms with E-state index in [4.69, 9.17) is 108 Å². The second-order valence-electron chi connectivity index (χ2n) is 18.9. The molecule has 0 N–H and O–H groups in total. The van der Waals surface area contributed by atoms with E-state index in [1.807, 2.05) is 116 Å². The monoisotopic (exact) mass is 2100 g/mol. The maximum absolute atomic E-state index is 5.64. The molecule has 0 spiro atoms. The summed E-state index contributed by atoms with van der Waals surface area (Å²) in [4.78, 5) is 0. The molecule has 22 nitrogen and oxygen atoms in total. The fourth-order valence-corrected chi connectivity index (χ4v) is 25.3. The summed E-state index contributed by atoms with van der Waals surface area (Å²) < 4.78 is 119. The second-order valence-corrected chi connectivity index (χ2v) is 48.0. The van der Waals surface area contributed by atoms with E-state index in [-0.39, 0.29) is 105 Å². The molecule has 6 rings (SSSR count). The van der Waals surface area contributed by atoms with Gasteiger partial charge in [0.1, 0.15) is 0 Å². The van der Waals surface area contributed by atoms with Gasteiger partial charge in [0, 0.05) is 243 Å². The molecular weight excluding hydrogens is 1970 g/mol. The zero-order valence-corrected chi connectivity index (χ0v) is 92.3. The Morgan fingerprint density at radius 2 is 0.477 bits per heavy atom. The summed E-state index contributed by atoms with van der Waals surface area (Å²) in [6.07, 6.45) is 0. The average Bonchev–Trinajstić information content (AvgIpc) is 0.761. The minimum atomic E-state index is -3.18. The molecular formula is C65H138Al2Br5ClLi2O22Si12. The van der Waals surface area contributed by atoms with Gasteiger partial charge in [-0.25, -0.2) is 0 Å². The number of rotatable bonds is 26. The van der Waals surface area contributed by atoms with Crippen molar-refractivity contribution in [2.45, 2.75) is 42.8 Å². The van der Waals surface area contributed by atoms with Gasteiger partial charge in [-0.3, -0.25) is 0 Å². The van der Waals surface area contributed by atoms with Crippen LogP contribution in [-0.2, 0) is 97.4 Å². The average molecular weight is 2110 g/mol. The minimum absolute atomic E-state index is 0. The second kappa shape index (κ2) is 82.3. The maximum atomic E-state index is 5.64. The van der Waals surface area contributed by atoms with Crippen LogP contribution in [0.2, 0.25) is 13.1 Å². The van der Waals surface area contributed by atoms with Crippen molar-refractivity contribution in [3.8, 4) is 0 Å². The molecule has 6 aromatic carbocycles. The van der Waals surface area contributed by atoms with Crippen molar-refractivity contribution in [2.24, 2.45) is 0 Å². The number of hydrogen-bond acceptors (Lipinski definition) is 22. The number of hydrogen-bond donors (Lipinski definition) is 0. The van der Waals surface area contributed by atoms with Crippen LogP contribution in [0.3, 0.4) is 0 Å². The Bertz CT molecular complexity index is 2610. The number of benzene rings is 6. The van der Waals surface area contributed by atoms with E-state index in [0.717, 1.165) is 23.1 Å². The quantitative estimate of drug-likeness (QED) is 0.0311. The molecule has 0 radical (unpaired) electrons. The van der Waals surface area contributed by atoms with Gasteiger partial charge < -0.3 is 100 Å².